The molecule has 1 amide bonds. The van der Waals surface area contributed by atoms with Gasteiger partial charge in [0.1, 0.15) is 18.0 Å². The predicted octanol–water partition coefficient (Wildman–Crippen LogP) is 3.51. The molecule has 1 aliphatic heterocycles. The van der Waals surface area contributed by atoms with E-state index < -0.39 is 0 Å². The van der Waals surface area contributed by atoms with E-state index >= 15 is 0 Å². The number of carbonyl (C=O) groups is 1. The van der Waals surface area contributed by atoms with Crippen molar-refractivity contribution in [2.45, 2.75) is 12.3 Å². The topological polar surface area (TPSA) is 74.6 Å². The van der Waals surface area contributed by atoms with Crippen LogP contribution in [-0.4, -0.2) is 36.8 Å². The number of ether oxygens (including phenoxy) is 3. The smallest absolute Gasteiger partial charge is 0.226 e. The molecule has 0 unspecified atom stereocenters. The zero-order valence-electron chi connectivity index (χ0n) is 16.2. The van der Waals surface area contributed by atoms with Crippen LogP contribution in [0.3, 0.4) is 0 Å². The number of nitrogens with zero attached hydrogens (tertiary/aromatic N) is 2. The average molecular weight is 397 g/mol. The molecule has 0 bridgehead atoms. The highest BCUT2D eigenvalue weighted by molar-refractivity contribution is 5.94. The Kier molecular flexibility index (Phi) is 4.84. The first-order valence-electron chi connectivity index (χ1n) is 8.98. The van der Waals surface area contributed by atoms with Crippen LogP contribution in [0, 0.1) is 5.82 Å². The highest BCUT2D eigenvalue weighted by Crippen LogP contribution is 2.44. The molecule has 0 fully saturated rings. The van der Waals surface area contributed by atoms with Crippen molar-refractivity contribution in [1.29, 1.82) is 0 Å². The van der Waals surface area contributed by atoms with Crippen LogP contribution in [0.5, 0.6) is 17.2 Å². The second-order valence-corrected chi connectivity index (χ2v) is 6.59. The highest BCUT2D eigenvalue weighted by Gasteiger charge is 2.32. The van der Waals surface area contributed by atoms with E-state index in [1.807, 2.05) is 12.1 Å². The number of nitrogens with one attached hydrogen (secondary N) is 1. The summed E-state index contributed by atoms with van der Waals surface area (Å²) in [6.45, 7) is 0. The Balaban J connectivity index is 1.82. The maximum absolute atomic E-state index is 13.3. The van der Waals surface area contributed by atoms with Crippen molar-refractivity contribution in [2.24, 2.45) is 0 Å². The second-order valence-electron chi connectivity index (χ2n) is 6.59. The Hall–Kier alpha value is -3.55. The lowest BCUT2D eigenvalue weighted by molar-refractivity contribution is -0.116. The summed E-state index contributed by atoms with van der Waals surface area (Å²) in [6, 6.07) is 9.64. The van der Waals surface area contributed by atoms with Crippen LogP contribution in [0.2, 0.25) is 0 Å². The standard InChI is InChI=1S/C21H20FN3O4/c1-27-16-8-12(9-17(28-2)20(16)29-3)15-10-18(26)24-21-19(15)23-11-25(21)14-6-4-13(22)5-7-14/h4-9,11,15H,10H2,1-3H3,(H,24,26)/t15-/m1/s1. The molecule has 3 aromatic rings. The third kappa shape index (κ3) is 3.26. The molecule has 1 atom stereocenters. The lowest BCUT2D eigenvalue weighted by atomic mass is 9.89. The number of benzene rings is 2. The molecule has 29 heavy (non-hydrogen) atoms. The van der Waals surface area contributed by atoms with Gasteiger partial charge >= 0.3 is 0 Å². The largest absolute Gasteiger partial charge is 0.493 e. The molecule has 1 aliphatic rings. The van der Waals surface area contributed by atoms with Gasteiger partial charge in [0.25, 0.3) is 0 Å². The number of anilines is 1. The van der Waals surface area contributed by atoms with Crippen LogP contribution >= 0.6 is 0 Å². The Morgan fingerprint density at radius 3 is 2.31 bits per heavy atom. The fourth-order valence-electron chi connectivity index (χ4n) is 3.58. The first-order chi connectivity index (χ1) is 14.0. The summed E-state index contributed by atoms with van der Waals surface area (Å²) in [5.41, 5.74) is 2.23. The summed E-state index contributed by atoms with van der Waals surface area (Å²) >= 11 is 0. The maximum Gasteiger partial charge on any atom is 0.226 e. The number of imidazole rings is 1. The molecule has 1 N–H and O–H groups in total. The van der Waals surface area contributed by atoms with Crippen LogP contribution in [0.15, 0.2) is 42.7 Å². The summed E-state index contributed by atoms with van der Waals surface area (Å²) < 4.78 is 31.3. The third-order valence-corrected chi connectivity index (χ3v) is 4.97. The minimum atomic E-state index is -0.331. The number of hydrogen-bond acceptors (Lipinski definition) is 5. The maximum atomic E-state index is 13.3. The summed E-state index contributed by atoms with van der Waals surface area (Å²) in [5, 5.41) is 2.88. The zero-order chi connectivity index (χ0) is 20.5. The molecular formula is C21H20FN3O4. The third-order valence-electron chi connectivity index (χ3n) is 4.97. The quantitative estimate of drug-likeness (QED) is 0.713. The van der Waals surface area contributed by atoms with E-state index in [0.717, 1.165) is 5.56 Å². The second kappa shape index (κ2) is 7.46. The summed E-state index contributed by atoms with van der Waals surface area (Å²) in [4.78, 5) is 17.0. The van der Waals surface area contributed by atoms with Crippen molar-refractivity contribution in [3.63, 3.8) is 0 Å². The monoisotopic (exact) mass is 397 g/mol. The molecule has 2 heterocycles. The van der Waals surface area contributed by atoms with Gasteiger partial charge in [-0.3, -0.25) is 9.36 Å². The SMILES string of the molecule is COc1cc([C@H]2CC(=O)Nc3c2ncn3-c2ccc(F)cc2)cc(OC)c1OC. The Morgan fingerprint density at radius 1 is 1.07 bits per heavy atom. The fraction of sp³-hybridized carbons (Fsp3) is 0.238. The lowest BCUT2D eigenvalue weighted by Crippen LogP contribution is -2.25. The van der Waals surface area contributed by atoms with Gasteiger partial charge in [0.05, 0.1) is 27.0 Å². The van der Waals surface area contributed by atoms with E-state index in [0.29, 0.717) is 34.4 Å². The molecule has 0 spiro atoms. The molecule has 8 heteroatoms. The van der Waals surface area contributed by atoms with Crippen LogP contribution in [0.1, 0.15) is 23.6 Å². The van der Waals surface area contributed by atoms with Crippen LogP contribution < -0.4 is 19.5 Å². The molecule has 7 nitrogen and oxygen atoms in total. The van der Waals surface area contributed by atoms with Crippen LogP contribution in [-0.2, 0) is 4.79 Å². The van der Waals surface area contributed by atoms with E-state index in [1.54, 1.807) is 37.2 Å². The van der Waals surface area contributed by atoms with Crippen molar-refractivity contribution < 1.29 is 23.4 Å². The number of rotatable bonds is 5. The molecule has 150 valence electrons. The van der Waals surface area contributed by atoms with E-state index in [9.17, 15) is 9.18 Å². The number of halogens is 1. The van der Waals surface area contributed by atoms with E-state index in [4.69, 9.17) is 14.2 Å². The molecule has 4 rings (SSSR count). The van der Waals surface area contributed by atoms with Gasteiger partial charge in [-0.25, -0.2) is 9.37 Å². The molecule has 0 aliphatic carbocycles. The minimum absolute atomic E-state index is 0.139. The van der Waals surface area contributed by atoms with Gasteiger partial charge in [0.2, 0.25) is 11.7 Å². The van der Waals surface area contributed by atoms with Gasteiger partial charge < -0.3 is 19.5 Å². The first-order valence-corrected chi connectivity index (χ1v) is 8.98. The predicted molar refractivity (Wildman–Crippen MR) is 105 cm³/mol. The fourth-order valence-corrected chi connectivity index (χ4v) is 3.58. The van der Waals surface area contributed by atoms with Gasteiger partial charge in [-0.1, -0.05) is 0 Å². The number of hydrogen-bond donors (Lipinski definition) is 1. The number of aromatic nitrogens is 2. The van der Waals surface area contributed by atoms with Crippen molar-refractivity contribution in [3.8, 4) is 22.9 Å². The average Bonchev–Trinajstić information content (AvgIpc) is 3.16. The molecule has 1 aromatic heterocycles. The van der Waals surface area contributed by atoms with E-state index in [1.165, 1.54) is 19.2 Å². The van der Waals surface area contributed by atoms with Crippen LogP contribution in [0.25, 0.3) is 5.69 Å². The summed E-state index contributed by atoms with van der Waals surface area (Å²) in [5.74, 6) is 1.29. The van der Waals surface area contributed by atoms with Crippen LogP contribution in [0.4, 0.5) is 10.2 Å². The zero-order valence-corrected chi connectivity index (χ0v) is 16.2. The van der Waals surface area contributed by atoms with Gasteiger partial charge in [-0.05, 0) is 42.0 Å². The van der Waals surface area contributed by atoms with Gasteiger partial charge in [-0.15, -0.1) is 0 Å². The number of methoxy groups -OCH3 is 3. The molecule has 0 radical (unpaired) electrons. The summed E-state index contributed by atoms with van der Waals surface area (Å²) in [7, 11) is 4.63. The Labute approximate surface area is 167 Å². The highest BCUT2D eigenvalue weighted by atomic mass is 19.1. The number of carbonyl (C=O) groups excluding carboxylic acids is 1. The van der Waals surface area contributed by atoms with Crippen molar-refractivity contribution in [2.75, 3.05) is 26.6 Å². The van der Waals surface area contributed by atoms with E-state index in [-0.39, 0.29) is 24.1 Å². The van der Waals surface area contributed by atoms with Crippen molar-refractivity contribution >= 4 is 11.7 Å². The van der Waals surface area contributed by atoms with Crippen molar-refractivity contribution in [1.82, 2.24) is 9.55 Å². The molecular weight excluding hydrogens is 377 g/mol. The minimum Gasteiger partial charge on any atom is -0.493 e. The van der Waals surface area contributed by atoms with Crippen molar-refractivity contribution in [3.05, 3.63) is 59.8 Å². The van der Waals surface area contributed by atoms with Gasteiger partial charge in [0, 0.05) is 18.0 Å². The summed E-state index contributed by atoms with van der Waals surface area (Å²) in [6.07, 6.45) is 1.85. The van der Waals surface area contributed by atoms with E-state index in [2.05, 4.69) is 10.3 Å². The van der Waals surface area contributed by atoms with Gasteiger partial charge in [-0.2, -0.15) is 0 Å². The molecule has 2 aromatic carbocycles. The number of amides is 1. The number of fused-ring (bicyclic) bond motifs is 1. The lowest BCUT2D eigenvalue weighted by Gasteiger charge is -2.24. The molecule has 0 saturated carbocycles. The first kappa shape index (κ1) is 18.8. The normalized spacial score (nSPS) is 15.4. The Morgan fingerprint density at radius 2 is 1.72 bits per heavy atom. The molecule has 0 saturated heterocycles. The Bertz CT molecular complexity index is 1040. The van der Waals surface area contributed by atoms with Gasteiger partial charge in [0.15, 0.2) is 11.5 Å².